The maximum atomic E-state index is 4.81. The number of pyridine rings is 1. The molecule has 0 spiro atoms. The minimum atomic E-state index is 0.332. The maximum absolute atomic E-state index is 4.81. The number of anilines is 2. The van der Waals surface area contributed by atoms with E-state index in [1.165, 1.54) is 0 Å². The van der Waals surface area contributed by atoms with Crippen LogP contribution in [0, 0.1) is 13.8 Å². The van der Waals surface area contributed by atoms with Crippen LogP contribution in [-0.2, 0) is 6.54 Å². The van der Waals surface area contributed by atoms with Gasteiger partial charge >= 0.3 is 0 Å². The predicted molar refractivity (Wildman–Crippen MR) is 105 cm³/mol. The Labute approximate surface area is 159 Å². The van der Waals surface area contributed by atoms with Crippen LogP contribution in [0.4, 0.5) is 11.6 Å². The van der Waals surface area contributed by atoms with Gasteiger partial charge in [0.2, 0.25) is 0 Å². The van der Waals surface area contributed by atoms with Crippen molar-refractivity contribution in [2.45, 2.75) is 39.2 Å². The number of aromatic amines is 1. The van der Waals surface area contributed by atoms with Gasteiger partial charge in [0.1, 0.15) is 23.3 Å². The van der Waals surface area contributed by atoms with Gasteiger partial charge in [-0.15, -0.1) is 0 Å². The minimum absolute atomic E-state index is 0.332. The van der Waals surface area contributed by atoms with Crippen molar-refractivity contribution in [2.75, 3.05) is 18.4 Å². The van der Waals surface area contributed by atoms with E-state index in [0.29, 0.717) is 5.92 Å². The van der Waals surface area contributed by atoms with E-state index < -0.39 is 0 Å². The number of imidazole rings is 1. The summed E-state index contributed by atoms with van der Waals surface area (Å²) in [5.41, 5.74) is 2.07. The third-order valence-electron chi connectivity index (χ3n) is 4.93. The Morgan fingerprint density at radius 2 is 2.15 bits per heavy atom. The predicted octanol–water partition coefficient (Wildman–Crippen LogP) is 3.33. The van der Waals surface area contributed by atoms with Crippen LogP contribution in [0.3, 0.4) is 0 Å². The first-order chi connectivity index (χ1) is 13.2. The number of piperidine rings is 1. The van der Waals surface area contributed by atoms with Crippen molar-refractivity contribution < 1.29 is 0 Å². The lowest BCUT2D eigenvalue weighted by Gasteiger charge is -2.31. The summed E-state index contributed by atoms with van der Waals surface area (Å²) >= 11 is 0. The molecule has 4 heterocycles. The van der Waals surface area contributed by atoms with E-state index in [2.05, 4.69) is 25.2 Å². The van der Waals surface area contributed by atoms with Gasteiger partial charge in [-0.25, -0.2) is 19.9 Å². The topological polar surface area (TPSA) is 82.6 Å². The average Bonchev–Trinajstić information content (AvgIpc) is 3.16. The van der Waals surface area contributed by atoms with Gasteiger partial charge in [0, 0.05) is 42.8 Å². The summed E-state index contributed by atoms with van der Waals surface area (Å²) in [6, 6.07) is 5.95. The molecule has 0 bridgehead atoms. The zero-order chi connectivity index (χ0) is 18.6. The van der Waals surface area contributed by atoms with Crippen molar-refractivity contribution in [3.8, 4) is 0 Å². The summed E-state index contributed by atoms with van der Waals surface area (Å²) < 4.78 is 0. The van der Waals surface area contributed by atoms with Crippen molar-refractivity contribution >= 4 is 11.6 Å². The highest BCUT2D eigenvalue weighted by molar-refractivity contribution is 5.55. The van der Waals surface area contributed by atoms with Crippen LogP contribution in [0.1, 0.15) is 41.7 Å². The second kappa shape index (κ2) is 7.84. The molecule has 4 rings (SSSR count). The van der Waals surface area contributed by atoms with Gasteiger partial charge in [0.05, 0.1) is 6.54 Å². The van der Waals surface area contributed by atoms with Crippen LogP contribution in [0.25, 0.3) is 0 Å². The highest BCUT2D eigenvalue weighted by Crippen LogP contribution is 2.27. The molecule has 27 heavy (non-hydrogen) atoms. The van der Waals surface area contributed by atoms with E-state index in [9.17, 15) is 0 Å². The number of hydrogen-bond acceptors (Lipinski definition) is 6. The van der Waals surface area contributed by atoms with Gasteiger partial charge in [0.25, 0.3) is 0 Å². The highest BCUT2D eigenvalue weighted by atomic mass is 15.2. The van der Waals surface area contributed by atoms with Crippen molar-refractivity contribution in [3.05, 3.63) is 59.7 Å². The molecule has 7 nitrogen and oxygen atoms in total. The zero-order valence-electron chi connectivity index (χ0n) is 15.8. The molecule has 2 N–H and O–H groups in total. The van der Waals surface area contributed by atoms with Gasteiger partial charge in [-0.05, 0) is 44.9 Å². The molecule has 7 heteroatoms. The van der Waals surface area contributed by atoms with Crippen LogP contribution in [0.5, 0.6) is 0 Å². The Balaban J connectivity index is 1.51. The lowest BCUT2D eigenvalue weighted by Crippen LogP contribution is -2.35. The molecule has 1 aliphatic rings. The lowest BCUT2D eigenvalue weighted by atomic mass is 9.97. The third-order valence-corrected chi connectivity index (χ3v) is 4.93. The molecule has 1 atom stereocenters. The fraction of sp³-hybridized carbons (Fsp3) is 0.400. The number of aromatic nitrogens is 5. The molecule has 0 unspecified atom stereocenters. The highest BCUT2D eigenvalue weighted by Gasteiger charge is 2.24. The molecule has 0 aromatic carbocycles. The quantitative estimate of drug-likeness (QED) is 0.723. The first-order valence-electron chi connectivity index (χ1n) is 9.42. The molecule has 1 aliphatic heterocycles. The van der Waals surface area contributed by atoms with Gasteiger partial charge in [-0.1, -0.05) is 6.07 Å². The summed E-state index contributed by atoms with van der Waals surface area (Å²) in [6.07, 6.45) is 7.72. The standard InChI is InChI=1S/C20H25N7/c1-14-5-3-7-23-19(14)25-17-11-15(2)24-20(26-17)16-6-4-10-27(12-16)13-18-21-8-9-22-18/h3,5,7-9,11,16H,4,6,10,12-13H2,1-2H3,(H,21,22)(H,23,24,25,26)/t16-/m0/s1. The zero-order valence-corrected chi connectivity index (χ0v) is 15.8. The molecule has 0 aliphatic carbocycles. The second-order valence-corrected chi connectivity index (χ2v) is 7.16. The number of H-pyrrole nitrogens is 1. The molecule has 0 saturated carbocycles. The van der Waals surface area contributed by atoms with Crippen molar-refractivity contribution in [1.29, 1.82) is 0 Å². The largest absolute Gasteiger partial charge is 0.348 e. The Morgan fingerprint density at radius 1 is 1.22 bits per heavy atom. The van der Waals surface area contributed by atoms with Gasteiger partial charge in [-0.3, -0.25) is 4.90 Å². The molecular formula is C20H25N7. The number of likely N-dealkylation sites (tertiary alicyclic amines) is 1. The molecule has 0 radical (unpaired) electrons. The van der Waals surface area contributed by atoms with Gasteiger partial charge < -0.3 is 10.3 Å². The van der Waals surface area contributed by atoms with E-state index in [-0.39, 0.29) is 0 Å². The van der Waals surface area contributed by atoms with Crippen LogP contribution in [0.15, 0.2) is 36.8 Å². The van der Waals surface area contributed by atoms with Crippen LogP contribution < -0.4 is 5.32 Å². The average molecular weight is 363 g/mol. The number of aryl methyl sites for hydroxylation is 2. The fourth-order valence-electron chi connectivity index (χ4n) is 3.58. The normalized spacial score (nSPS) is 17.8. The summed E-state index contributed by atoms with van der Waals surface area (Å²) in [5.74, 6) is 3.90. The minimum Gasteiger partial charge on any atom is -0.348 e. The van der Waals surface area contributed by atoms with E-state index in [4.69, 9.17) is 9.97 Å². The summed E-state index contributed by atoms with van der Waals surface area (Å²) in [4.78, 5) is 23.9. The summed E-state index contributed by atoms with van der Waals surface area (Å²) in [7, 11) is 0. The van der Waals surface area contributed by atoms with Gasteiger partial charge in [0.15, 0.2) is 0 Å². The maximum Gasteiger partial charge on any atom is 0.135 e. The number of nitrogens with one attached hydrogen (secondary N) is 2. The molecule has 0 amide bonds. The molecule has 3 aromatic heterocycles. The molecule has 140 valence electrons. The SMILES string of the molecule is Cc1cc(Nc2ncccc2C)nc([C@H]2CCCN(Cc3ncc[nH]3)C2)n1. The first-order valence-corrected chi connectivity index (χ1v) is 9.42. The second-order valence-electron chi connectivity index (χ2n) is 7.16. The number of nitrogens with zero attached hydrogens (tertiary/aromatic N) is 5. The number of hydrogen-bond donors (Lipinski definition) is 2. The van der Waals surface area contributed by atoms with Crippen molar-refractivity contribution in [2.24, 2.45) is 0 Å². The van der Waals surface area contributed by atoms with E-state index in [1.807, 2.05) is 38.2 Å². The fourth-order valence-corrected chi connectivity index (χ4v) is 3.58. The van der Waals surface area contributed by atoms with Crippen LogP contribution in [-0.4, -0.2) is 42.9 Å². The van der Waals surface area contributed by atoms with E-state index in [0.717, 1.165) is 67.0 Å². The van der Waals surface area contributed by atoms with Crippen LogP contribution in [0.2, 0.25) is 0 Å². The Bertz CT molecular complexity index is 891. The summed E-state index contributed by atoms with van der Waals surface area (Å²) in [5, 5.41) is 3.35. The Morgan fingerprint density at radius 3 is 2.96 bits per heavy atom. The Hall–Kier alpha value is -2.80. The van der Waals surface area contributed by atoms with Crippen molar-refractivity contribution in [3.63, 3.8) is 0 Å². The first kappa shape index (κ1) is 17.6. The molecule has 1 saturated heterocycles. The van der Waals surface area contributed by atoms with E-state index in [1.54, 1.807) is 12.4 Å². The third kappa shape index (κ3) is 4.31. The van der Waals surface area contributed by atoms with Crippen molar-refractivity contribution in [1.82, 2.24) is 29.8 Å². The van der Waals surface area contributed by atoms with Crippen LogP contribution >= 0.6 is 0 Å². The lowest BCUT2D eigenvalue weighted by molar-refractivity contribution is 0.192. The van der Waals surface area contributed by atoms with E-state index >= 15 is 0 Å². The molecule has 1 fully saturated rings. The molecule has 3 aromatic rings. The smallest absolute Gasteiger partial charge is 0.135 e. The van der Waals surface area contributed by atoms with Gasteiger partial charge in [-0.2, -0.15) is 0 Å². The summed E-state index contributed by atoms with van der Waals surface area (Å²) in [6.45, 7) is 6.93. The number of rotatable bonds is 5. The Kier molecular flexibility index (Phi) is 5.11. The monoisotopic (exact) mass is 363 g/mol. The molecular weight excluding hydrogens is 338 g/mol.